The van der Waals surface area contributed by atoms with Crippen molar-refractivity contribution in [2.24, 2.45) is 5.41 Å². The van der Waals surface area contributed by atoms with E-state index in [9.17, 15) is 0 Å². The molecule has 3 heteroatoms. The zero-order valence-electron chi connectivity index (χ0n) is 12.3. The van der Waals surface area contributed by atoms with E-state index in [1.54, 1.807) is 0 Å². The van der Waals surface area contributed by atoms with Gasteiger partial charge in [0.2, 0.25) is 0 Å². The van der Waals surface area contributed by atoms with E-state index in [0.29, 0.717) is 17.5 Å². The van der Waals surface area contributed by atoms with Crippen LogP contribution in [0.1, 0.15) is 56.2 Å². The monoisotopic (exact) mass is 263 g/mol. The summed E-state index contributed by atoms with van der Waals surface area (Å²) in [6.45, 7) is 8.49. The molecule has 1 fully saturated rings. The summed E-state index contributed by atoms with van der Waals surface area (Å²) < 4.78 is 11.5. The van der Waals surface area contributed by atoms with Crippen molar-refractivity contribution < 1.29 is 9.15 Å². The molecule has 3 nitrogen and oxygen atoms in total. The number of furan rings is 1. The van der Waals surface area contributed by atoms with Gasteiger partial charge < -0.3 is 14.5 Å². The first-order valence-electron chi connectivity index (χ1n) is 7.46. The van der Waals surface area contributed by atoms with Gasteiger partial charge in [-0.3, -0.25) is 0 Å². The minimum absolute atomic E-state index is 0.310. The minimum atomic E-state index is 0.310. The van der Waals surface area contributed by atoms with E-state index in [0.717, 1.165) is 25.4 Å². The number of hydrogen-bond donors (Lipinski definition) is 1. The summed E-state index contributed by atoms with van der Waals surface area (Å²) in [6, 6.07) is 3.13. The normalized spacial score (nSPS) is 30.1. The second-order valence-electron chi connectivity index (χ2n) is 6.91. The van der Waals surface area contributed by atoms with E-state index in [1.165, 1.54) is 30.6 Å². The molecule has 106 valence electrons. The lowest BCUT2D eigenvalue weighted by Crippen LogP contribution is -2.42. The molecule has 1 aliphatic heterocycles. The Kier molecular flexibility index (Phi) is 3.44. The van der Waals surface area contributed by atoms with Crippen LogP contribution >= 0.6 is 0 Å². The lowest BCUT2D eigenvalue weighted by atomic mass is 9.74. The fourth-order valence-electron chi connectivity index (χ4n) is 3.49. The van der Waals surface area contributed by atoms with Crippen LogP contribution < -0.4 is 5.32 Å². The number of nitrogens with one attached hydrogen (secondary N) is 1. The number of aryl methyl sites for hydroxylation is 1. The van der Waals surface area contributed by atoms with Gasteiger partial charge in [-0.1, -0.05) is 13.8 Å². The average Bonchev–Trinajstić information content (AvgIpc) is 2.69. The predicted octanol–water partition coefficient (Wildman–Crippen LogP) is 3.37. The van der Waals surface area contributed by atoms with Crippen molar-refractivity contribution in [1.29, 1.82) is 0 Å². The Morgan fingerprint density at radius 2 is 2.21 bits per heavy atom. The van der Waals surface area contributed by atoms with E-state index < -0.39 is 0 Å². The fraction of sp³-hybridized carbons (Fsp3) is 0.750. The van der Waals surface area contributed by atoms with Gasteiger partial charge in [0.1, 0.15) is 11.5 Å². The summed E-state index contributed by atoms with van der Waals surface area (Å²) in [5, 5.41) is 3.80. The fourth-order valence-corrected chi connectivity index (χ4v) is 3.49. The van der Waals surface area contributed by atoms with E-state index in [-0.39, 0.29) is 0 Å². The van der Waals surface area contributed by atoms with Crippen molar-refractivity contribution in [2.45, 2.75) is 58.5 Å². The molecule has 1 aliphatic carbocycles. The van der Waals surface area contributed by atoms with Gasteiger partial charge in [-0.15, -0.1) is 0 Å². The van der Waals surface area contributed by atoms with Crippen LogP contribution in [-0.4, -0.2) is 19.3 Å². The molecule has 0 saturated carbocycles. The molecule has 1 aromatic heterocycles. The Balaban J connectivity index is 1.79. The third kappa shape index (κ3) is 2.87. The van der Waals surface area contributed by atoms with Crippen molar-refractivity contribution in [3.05, 3.63) is 23.2 Å². The van der Waals surface area contributed by atoms with Crippen molar-refractivity contribution in [2.75, 3.05) is 13.2 Å². The second kappa shape index (κ2) is 4.95. The molecule has 1 N–H and O–H groups in total. The van der Waals surface area contributed by atoms with Crippen molar-refractivity contribution in [3.63, 3.8) is 0 Å². The predicted molar refractivity (Wildman–Crippen MR) is 75.3 cm³/mol. The first-order valence-corrected chi connectivity index (χ1v) is 7.46. The van der Waals surface area contributed by atoms with Crippen LogP contribution in [0.25, 0.3) is 0 Å². The summed E-state index contributed by atoms with van der Waals surface area (Å²) in [6.07, 6.45) is 4.62. The molecule has 0 spiro atoms. The smallest absolute Gasteiger partial charge is 0.109 e. The molecule has 1 aromatic rings. The van der Waals surface area contributed by atoms with Crippen LogP contribution in [0, 0.1) is 12.3 Å². The van der Waals surface area contributed by atoms with E-state index in [2.05, 4.69) is 25.2 Å². The molecular formula is C16H25NO2. The zero-order valence-corrected chi connectivity index (χ0v) is 12.3. The maximum atomic E-state index is 5.89. The third-order valence-electron chi connectivity index (χ3n) is 4.33. The molecular weight excluding hydrogens is 238 g/mol. The highest BCUT2D eigenvalue weighted by Crippen LogP contribution is 2.42. The molecule has 0 bridgehead atoms. The molecule has 19 heavy (non-hydrogen) atoms. The number of fused-ring (bicyclic) bond motifs is 1. The number of ether oxygens (including phenoxy) is 1. The number of hydrogen-bond acceptors (Lipinski definition) is 3. The van der Waals surface area contributed by atoms with E-state index in [1.807, 2.05) is 6.92 Å². The van der Waals surface area contributed by atoms with Gasteiger partial charge in [-0.2, -0.15) is 0 Å². The zero-order chi connectivity index (χ0) is 13.5. The van der Waals surface area contributed by atoms with Crippen LogP contribution in [0.3, 0.4) is 0 Å². The highest BCUT2D eigenvalue weighted by atomic mass is 16.5. The van der Waals surface area contributed by atoms with Crippen LogP contribution in [0.5, 0.6) is 0 Å². The Hall–Kier alpha value is -0.800. The highest BCUT2D eigenvalue weighted by molar-refractivity contribution is 5.29. The Bertz CT molecular complexity index is 444. The molecule has 3 rings (SSSR count). The molecule has 2 heterocycles. The summed E-state index contributed by atoms with van der Waals surface area (Å²) >= 11 is 0. The van der Waals surface area contributed by atoms with Gasteiger partial charge in [0.15, 0.2) is 0 Å². The molecule has 0 aromatic carbocycles. The summed E-state index contributed by atoms with van der Waals surface area (Å²) in [5.41, 5.74) is 1.69. The van der Waals surface area contributed by atoms with Crippen LogP contribution in [0.15, 0.2) is 10.5 Å². The quantitative estimate of drug-likeness (QED) is 0.888. The lowest BCUT2D eigenvalue weighted by molar-refractivity contribution is 0.0620. The Morgan fingerprint density at radius 1 is 1.37 bits per heavy atom. The van der Waals surface area contributed by atoms with Gasteiger partial charge in [0, 0.05) is 30.7 Å². The molecule has 2 unspecified atom stereocenters. The van der Waals surface area contributed by atoms with Gasteiger partial charge in [-0.05, 0) is 37.7 Å². The van der Waals surface area contributed by atoms with Gasteiger partial charge >= 0.3 is 0 Å². The van der Waals surface area contributed by atoms with Gasteiger partial charge in [-0.25, -0.2) is 0 Å². The maximum absolute atomic E-state index is 5.89. The van der Waals surface area contributed by atoms with Crippen molar-refractivity contribution in [3.8, 4) is 0 Å². The van der Waals surface area contributed by atoms with Gasteiger partial charge in [0.25, 0.3) is 0 Å². The summed E-state index contributed by atoms with van der Waals surface area (Å²) in [4.78, 5) is 0. The first kappa shape index (κ1) is 13.2. The Morgan fingerprint density at radius 3 is 2.95 bits per heavy atom. The molecule has 2 aliphatic rings. The SMILES string of the molecule is Cc1cc2c(o1)CC(C)(C)CC2NC1CCCOC1. The number of rotatable bonds is 2. The topological polar surface area (TPSA) is 34.4 Å². The molecule has 0 amide bonds. The van der Waals surface area contributed by atoms with E-state index >= 15 is 0 Å². The van der Waals surface area contributed by atoms with Crippen LogP contribution in [-0.2, 0) is 11.2 Å². The Labute approximate surface area is 115 Å². The molecule has 2 atom stereocenters. The molecule has 0 radical (unpaired) electrons. The van der Waals surface area contributed by atoms with Crippen LogP contribution in [0.2, 0.25) is 0 Å². The summed E-state index contributed by atoms with van der Waals surface area (Å²) in [5.74, 6) is 2.22. The highest BCUT2D eigenvalue weighted by Gasteiger charge is 2.35. The van der Waals surface area contributed by atoms with Crippen molar-refractivity contribution >= 4 is 0 Å². The average molecular weight is 263 g/mol. The second-order valence-corrected chi connectivity index (χ2v) is 6.91. The standard InChI is InChI=1S/C16H25NO2/c1-11-7-13-14(17-12-5-4-6-18-10-12)8-16(2,3)9-15(13)19-11/h7,12,14,17H,4-6,8-10H2,1-3H3. The lowest BCUT2D eigenvalue weighted by Gasteiger charge is -2.37. The van der Waals surface area contributed by atoms with E-state index in [4.69, 9.17) is 9.15 Å². The van der Waals surface area contributed by atoms with Crippen molar-refractivity contribution in [1.82, 2.24) is 5.32 Å². The third-order valence-corrected chi connectivity index (χ3v) is 4.33. The largest absolute Gasteiger partial charge is 0.466 e. The van der Waals surface area contributed by atoms with Gasteiger partial charge in [0.05, 0.1) is 6.61 Å². The maximum Gasteiger partial charge on any atom is 0.109 e. The molecule has 1 saturated heterocycles. The van der Waals surface area contributed by atoms with Crippen LogP contribution in [0.4, 0.5) is 0 Å². The summed E-state index contributed by atoms with van der Waals surface area (Å²) in [7, 11) is 0. The minimum Gasteiger partial charge on any atom is -0.466 e. The first-order chi connectivity index (χ1) is 9.03.